The van der Waals surface area contributed by atoms with Crippen molar-refractivity contribution in [2.45, 2.75) is 18.6 Å². The first-order chi connectivity index (χ1) is 9.17. The Labute approximate surface area is 110 Å². The Hall–Kier alpha value is -2.14. The van der Waals surface area contributed by atoms with Crippen LogP contribution in [0.1, 0.15) is 18.4 Å². The Bertz CT molecular complexity index is 553. The lowest BCUT2D eigenvalue weighted by Gasteiger charge is -2.20. The van der Waals surface area contributed by atoms with E-state index in [0.717, 1.165) is 30.8 Å². The largest absolute Gasteiger partial charge is 0.459 e. The van der Waals surface area contributed by atoms with Crippen LogP contribution in [0.5, 0.6) is 0 Å². The van der Waals surface area contributed by atoms with Gasteiger partial charge in [0.2, 0.25) is 5.79 Å². The molecule has 1 spiro atoms. The number of rotatable bonds is 2. The molecule has 5 heteroatoms. The molecule has 1 unspecified atom stereocenters. The number of nitrogens with zero attached hydrogens (tertiary/aromatic N) is 1. The van der Waals surface area contributed by atoms with Crippen LogP contribution in [0.2, 0.25) is 0 Å². The molecule has 0 N–H and O–H groups in total. The molecule has 2 heterocycles. The quantitative estimate of drug-likeness (QED) is 0.605. The summed E-state index contributed by atoms with van der Waals surface area (Å²) < 4.78 is 11.4. The van der Waals surface area contributed by atoms with Crippen molar-refractivity contribution in [3.8, 4) is 0 Å². The van der Waals surface area contributed by atoms with E-state index in [9.17, 15) is 10.1 Å². The molecule has 5 nitrogen and oxygen atoms in total. The van der Waals surface area contributed by atoms with Crippen LogP contribution in [0.25, 0.3) is 6.08 Å². The van der Waals surface area contributed by atoms with Gasteiger partial charge in [0.1, 0.15) is 5.76 Å². The summed E-state index contributed by atoms with van der Waals surface area (Å²) in [6, 6.07) is 6.35. The lowest BCUT2D eigenvalue weighted by molar-refractivity contribution is -0.384. The van der Waals surface area contributed by atoms with Crippen molar-refractivity contribution in [2.24, 2.45) is 0 Å². The number of allylic oxidation sites excluding steroid dienone is 1. The predicted octanol–water partition coefficient (Wildman–Crippen LogP) is 3.03. The molecule has 0 radical (unpaired) electrons. The fourth-order valence-electron chi connectivity index (χ4n) is 2.26. The summed E-state index contributed by atoms with van der Waals surface area (Å²) in [6.45, 7) is 0.717. The van der Waals surface area contributed by atoms with Crippen molar-refractivity contribution in [1.82, 2.24) is 0 Å². The highest BCUT2D eigenvalue weighted by atomic mass is 16.7. The van der Waals surface area contributed by atoms with Gasteiger partial charge in [-0.1, -0.05) is 0 Å². The van der Waals surface area contributed by atoms with Crippen molar-refractivity contribution in [1.29, 1.82) is 0 Å². The fourth-order valence-corrected chi connectivity index (χ4v) is 2.26. The first-order valence-electron chi connectivity index (χ1n) is 6.15. The number of hydrogen-bond donors (Lipinski definition) is 0. The molecule has 98 valence electrons. The topological polar surface area (TPSA) is 61.6 Å². The second-order valence-corrected chi connectivity index (χ2v) is 4.59. The third-order valence-electron chi connectivity index (χ3n) is 3.22. The van der Waals surface area contributed by atoms with E-state index >= 15 is 0 Å². The molecular weight excluding hydrogens is 246 g/mol. The lowest BCUT2D eigenvalue weighted by Crippen LogP contribution is -2.24. The first-order valence-corrected chi connectivity index (χ1v) is 6.15. The maximum Gasteiger partial charge on any atom is 0.269 e. The standard InChI is InChI=1S/C14H13NO4/c16-15(17)12-4-2-11(3-5-12)10-13-6-8-14(19-13)7-1-9-18-14/h2-6,8,10H,1,7,9H2/b13-10+. The van der Waals surface area contributed by atoms with Gasteiger partial charge in [-0.05, 0) is 42.3 Å². The van der Waals surface area contributed by atoms with Gasteiger partial charge in [0.05, 0.1) is 11.5 Å². The van der Waals surface area contributed by atoms with Crippen molar-refractivity contribution in [2.75, 3.05) is 6.61 Å². The van der Waals surface area contributed by atoms with Crippen molar-refractivity contribution in [3.63, 3.8) is 0 Å². The van der Waals surface area contributed by atoms with E-state index < -0.39 is 10.7 Å². The first kappa shape index (κ1) is 11.9. The zero-order valence-corrected chi connectivity index (χ0v) is 10.2. The van der Waals surface area contributed by atoms with Gasteiger partial charge in [0.25, 0.3) is 5.69 Å². The SMILES string of the molecule is O=[N+]([O-])c1ccc(/C=C2\C=CC3(CCCO3)O2)cc1. The maximum atomic E-state index is 10.6. The minimum absolute atomic E-state index is 0.0839. The predicted molar refractivity (Wildman–Crippen MR) is 69.2 cm³/mol. The van der Waals surface area contributed by atoms with E-state index in [1.54, 1.807) is 12.1 Å². The maximum absolute atomic E-state index is 10.6. The molecule has 0 amide bonds. The highest BCUT2D eigenvalue weighted by Crippen LogP contribution is 2.36. The van der Waals surface area contributed by atoms with Gasteiger partial charge in [0.15, 0.2) is 0 Å². The van der Waals surface area contributed by atoms with Crippen molar-refractivity contribution < 1.29 is 14.4 Å². The summed E-state index contributed by atoms with van der Waals surface area (Å²) in [5.74, 6) is 0.142. The molecule has 0 saturated carbocycles. The minimum atomic E-state index is -0.577. The molecule has 1 atom stereocenters. The van der Waals surface area contributed by atoms with Crippen LogP contribution < -0.4 is 0 Å². The van der Waals surface area contributed by atoms with Crippen LogP contribution in [0.4, 0.5) is 5.69 Å². The number of non-ortho nitro benzene ring substituents is 1. The smallest absolute Gasteiger partial charge is 0.269 e. The molecule has 2 aliphatic heterocycles. The Morgan fingerprint density at radius 3 is 2.74 bits per heavy atom. The number of ether oxygens (including phenoxy) is 2. The molecule has 0 bridgehead atoms. The zero-order valence-electron chi connectivity index (χ0n) is 10.2. The monoisotopic (exact) mass is 259 g/mol. The molecule has 1 fully saturated rings. The molecule has 1 aromatic carbocycles. The molecule has 2 aliphatic rings. The number of hydrogen-bond acceptors (Lipinski definition) is 4. The highest BCUT2D eigenvalue weighted by Gasteiger charge is 2.38. The van der Waals surface area contributed by atoms with Crippen LogP contribution in [-0.2, 0) is 9.47 Å². The van der Waals surface area contributed by atoms with E-state index in [1.165, 1.54) is 12.1 Å². The summed E-state index contributed by atoms with van der Waals surface area (Å²) >= 11 is 0. The average molecular weight is 259 g/mol. The molecule has 0 aliphatic carbocycles. The van der Waals surface area contributed by atoms with Crippen LogP contribution in [-0.4, -0.2) is 17.3 Å². The van der Waals surface area contributed by atoms with Gasteiger partial charge in [-0.25, -0.2) is 0 Å². The van der Waals surface area contributed by atoms with Crippen LogP contribution in [0, 0.1) is 10.1 Å². The molecule has 19 heavy (non-hydrogen) atoms. The summed E-state index contributed by atoms with van der Waals surface area (Å²) in [4.78, 5) is 10.2. The Balaban J connectivity index is 1.76. The third-order valence-corrected chi connectivity index (χ3v) is 3.22. The van der Waals surface area contributed by atoms with E-state index in [2.05, 4.69) is 0 Å². The lowest BCUT2D eigenvalue weighted by atomic mass is 10.2. The molecule has 1 aromatic rings. The molecule has 1 saturated heterocycles. The molecule has 0 aromatic heterocycles. The zero-order chi connectivity index (χ0) is 13.3. The second kappa shape index (κ2) is 4.51. The Morgan fingerprint density at radius 2 is 2.11 bits per heavy atom. The summed E-state index contributed by atoms with van der Waals surface area (Å²) in [6.07, 6.45) is 7.51. The van der Waals surface area contributed by atoms with E-state index in [1.807, 2.05) is 18.2 Å². The second-order valence-electron chi connectivity index (χ2n) is 4.59. The molecule has 3 rings (SSSR count). The van der Waals surface area contributed by atoms with Crippen molar-refractivity contribution in [3.05, 3.63) is 57.9 Å². The van der Waals surface area contributed by atoms with E-state index in [0.29, 0.717) is 0 Å². The van der Waals surface area contributed by atoms with Crippen molar-refractivity contribution >= 4 is 11.8 Å². The van der Waals surface area contributed by atoms with Gasteiger partial charge in [-0.3, -0.25) is 10.1 Å². The summed E-state index contributed by atoms with van der Waals surface area (Å²) in [5.41, 5.74) is 0.945. The number of benzene rings is 1. The number of nitro benzene ring substituents is 1. The summed E-state index contributed by atoms with van der Waals surface area (Å²) in [5, 5.41) is 10.6. The van der Waals surface area contributed by atoms with Crippen LogP contribution in [0.3, 0.4) is 0 Å². The number of nitro groups is 1. The average Bonchev–Trinajstić information content (AvgIpc) is 3.01. The normalized spacial score (nSPS) is 27.1. The minimum Gasteiger partial charge on any atom is -0.459 e. The van der Waals surface area contributed by atoms with Crippen LogP contribution in [0.15, 0.2) is 42.2 Å². The van der Waals surface area contributed by atoms with Gasteiger partial charge in [-0.15, -0.1) is 0 Å². The fraction of sp³-hybridized carbons (Fsp3) is 0.286. The molecular formula is C14H13NO4. The van der Waals surface area contributed by atoms with E-state index in [-0.39, 0.29) is 5.69 Å². The van der Waals surface area contributed by atoms with Crippen LogP contribution >= 0.6 is 0 Å². The third kappa shape index (κ3) is 2.37. The highest BCUT2D eigenvalue weighted by molar-refractivity contribution is 5.56. The van der Waals surface area contributed by atoms with Gasteiger partial charge < -0.3 is 9.47 Å². The Morgan fingerprint density at radius 1 is 1.32 bits per heavy atom. The summed E-state index contributed by atoms with van der Waals surface area (Å²) in [7, 11) is 0. The van der Waals surface area contributed by atoms with E-state index in [4.69, 9.17) is 9.47 Å². The Kier molecular flexibility index (Phi) is 2.83. The van der Waals surface area contributed by atoms with Gasteiger partial charge in [0, 0.05) is 18.6 Å². The van der Waals surface area contributed by atoms with Gasteiger partial charge in [-0.2, -0.15) is 0 Å². The van der Waals surface area contributed by atoms with Gasteiger partial charge >= 0.3 is 0 Å².